The summed E-state index contributed by atoms with van der Waals surface area (Å²) in [6.45, 7) is 2.95. The Morgan fingerprint density at radius 1 is 1.22 bits per heavy atom. The zero-order chi connectivity index (χ0) is 18.8. The molecular formula is C20H20N4O3. The average Bonchev–Trinajstić information content (AvgIpc) is 3.12. The van der Waals surface area contributed by atoms with E-state index in [-0.39, 0.29) is 11.7 Å². The topological polar surface area (TPSA) is 85.6 Å². The zero-order valence-electron chi connectivity index (χ0n) is 15.1. The summed E-state index contributed by atoms with van der Waals surface area (Å²) in [5.41, 5.74) is 3.30. The van der Waals surface area contributed by atoms with Gasteiger partial charge in [-0.15, -0.1) is 0 Å². The third kappa shape index (κ3) is 3.28. The van der Waals surface area contributed by atoms with Crippen LogP contribution in [0.15, 0.2) is 36.7 Å². The number of benzene rings is 1. The Morgan fingerprint density at radius 2 is 2.04 bits per heavy atom. The van der Waals surface area contributed by atoms with Crippen LogP contribution in [0, 0.1) is 0 Å². The second kappa shape index (κ2) is 7.19. The number of fused-ring (bicyclic) bond motifs is 3. The van der Waals surface area contributed by atoms with Crippen molar-refractivity contribution in [1.29, 1.82) is 0 Å². The highest BCUT2D eigenvalue weighted by molar-refractivity contribution is 6.01. The van der Waals surface area contributed by atoms with Crippen LogP contribution in [0.25, 0.3) is 5.65 Å². The lowest BCUT2D eigenvalue weighted by atomic mass is 9.96. The molecule has 0 atom stereocenters. The highest BCUT2D eigenvalue weighted by atomic mass is 16.5. The van der Waals surface area contributed by atoms with E-state index in [1.165, 1.54) is 6.20 Å². The monoisotopic (exact) mass is 364 g/mol. The molecule has 138 valence electrons. The molecule has 0 unspecified atom stereocenters. The quantitative estimate of drug-likeness (QED) is 0.752. The van der Waals surface area contributed by atoms with Crippen LogP contribution >= 0.6 is 0 Å². The van der Waals surface area contributed by atoms with Gasteiger partial charge in [0, 0.05) is 19.2 Å². The van der Waals surface area contributed by atoms with Gasteiger partial charge in [0.2, 0.25) is 0 Å². The number of carbonyl (C=O) groups is 2. The number of hydrogen-bond donors (Lipinski definition) is 1. The molecule has 2 aromatic heterocycles. The van der Waals surface area contributed by atoms with Gasteiger partial charge in [0.1, 0.15) is 11.3 Å². The molecule has 3 aromatic rings. The molecule has 0 aliphatic heterocycles. The van der Waals surface area contributed by atoms with E-state index in [1.54, 1.807) is 10.7 Å². The highest BCUT2D eigenvalue weighted by Crippen LogP contribution is 2.22. The van der Waals surface area contributed by atoms with E-state index < -0.39 is 0 Å². The van der Waals surface area contributed by atoms with E-state index in [1.807, 2.05) is 31.2 Å². The predicted molar refractivity (Wildman–Crippen MR) is 99.0 cm³/mol. The highest BCUT2D eigenvalue weighted by Gasteiger charge is 2.23. The van der Waals surface area contributed by atoms with Crippen molar-refractivity contribution in [3.05, 3.63) is 59.0 Å². The molecule has 0 radical (unpaired) electrons. The minimum absolute atomic E-state index is 0.0858. The first-order chi connectivity index (χ1) is 13.2. The number of carbonyl (C=O) groups excluding carboxylic acids is 2. The predicted octanol–water partition coefficient (Wildman–Crippen LogP) is 2.58. The molecule has 27 heavy (non-hydrogen) atoms. The maximum absolute atomic E-state index is 12.6. The lowest BCUT2D eigenvalue weighted by Crippen LogP contribution is -2.23. The molecule has 2 heterocycles. The van der Waals surface area contributed by atoms with Crippen molar-refractivity contribution in [3.63, 3.8) is 0 Å². The standard InChI is InChI=1S/C20H20N4O3/c1-2-27-14-8-6-13(7-9-14)10-22-20(26)16-12-23-24-17-4-3-5-18(25)15(17)11-21-19(16)24/h6-9,11-12H,2-5,10H2,1H3,(H,22,26). The molecule has 1 aliphatic carbocycles. The Kier molecular flexibility index (Phi) is 4.58. The number of hydrogen-bond acceptors (Lipinski definition) is 5. The Bertz CT molecular complexity index is 1010. The van der Waals surface area contributed by atoms with Gasteiger partial charge in [-0.25, -0.2) is 9.50 Å². The molecule has 0 spiro atoms. The number of aromatic nitrogens is 3. The van der Waals surface area contributed by atoms with Crippen molar-refractivity contribution < 1.29 is 14.3 Å². The summed E-state index contributed by atoms with van der Waals surface area (Å²) in [6.07, 6.45) is 5.17. The van der Waals surface area contributed by atoms with Crippen molar-refractivity contribution in [2.45, 2.75) is 32.7 Å². The zero-order valence-corrected chi connectivity index (χ0v) is 15.1. The average molecular weight is 364 g/mol. The van der Waals surface area contributed by atoms with E-state index in [9.17, 15) is 9.59 Å². The molecule has 0 saturated heterocycles. The van der Waals surface area contributed by atoms with Gasteiger partial charge in [0.15, 0.2) is 11.4 Å². The Balaban J connectivity index is 1.52. The number of ether oxygens (including phenoxy) is 1. The van der Waals surface area contributed by atoms with E-state index in [0.717, 1.165) is 29.8 Å². The van der Waals surface area contributed by atoms with Crippen LogP contribution in [0.4, 0.5) is 0 Å². The number of aryl methyl sites for hydroxylation is 1. The summed E-state index contributed by atoms with van der Waals surface area (Å²) >= 11 is 0. The molecule has 1 aromatic carbocycles. The fraction of sp³-hybridized carbons (Fsp3) is 0.300. The minimum Gasteiger partial charge on any atom is -0.494 e. The van der Waals surface area contributed by atoms with E-state index in [4.69, 9.17) is 4.74 Å². The molecule has 0 fully saturated rings. The third-order valence-electron chi connectivity index (χ3n) is 4.68. The van der Waals surface area contributed by atoms with Gasteiger partial charge in [-0.2, -0.15) is 5.10 Å². The first kappa shape index (κ1) is 17.2. The fourth-order valence-corrected chi connectivity index (χ4v) is 3.31. The number of Topliss-reactive ketones (excluding diaryl/α,β-unsaturated/α-hetero) is 1. The molecule has 7 nitrogen and oxygen atoms in total. The van der Waals surface area contributed by atoms with Crippen LogP contribution in [0.1, 0.15) is 51.7 Å². The Labute approximate surface area is 156 Å². The SMILES string of the molecule is CCOc1ccc(CNC(=O)c2cnn3c4c(cnc23)C(=O)CCC4)cc1. The Morgan fingerprint density at radius 3 is 2.81 bits per heavy atom. The molecule has 0 saturated carbocycles. The molecule has 1 N–H and O–H groups in total. The summed E-state index contributed by atoms with van der Waals surface area (Å²) in [7, 11) is 0. The van der Waals surface area contributed by atoms with Crippen molar-refractivity contribution in [2.24, 2.45) is 0 Å². The molecule has 1 amide bonds. The first-order valence-corrected chi connectivity index (χ1v) is 9.06. The van der Waals surface area contributed by atoms with E-state index >= 15 is 0 Å². The Hall–Kier alpha value is -3.22. The van der Waals surface area contributed by atoms with Crippen LogP contribution in [-0.4, -0.2) is 32.9 Å². The summed E-state index contributed by atoms with van der Waals surface area (Å²) < 4.78 is 7.04. The van der Waals surface area contributed by atoms with Crippen LogP contribution in [0.3, 0.4) is 0 Å². The summed E-state index contributed by atoms with van der Waals surface area (Å²) in [6, 6.07) is 7.60. The van der Waals surface area contributed by atoms with Crippen LogP contribution in [0.2, 0.25) is 0 Å². The van der Waals surface area contributed by atoms with Gasteiger partial charge in [-0.05, 0) is 37.5 Å². The van der Waals surface area contributed by atoms with Gasteiger partial charge < -0.3 is 10.1 Å². The summed E-state index contributed by atoms with van der Waals surface area (Å²) in [5, 5.41) is 7.19. The normalized spacial score (nSPS) is 13.4. The number of nitrogens with zero attached hydrogens (tertiary/aromatic N) is 3. The molecule has 1 aliphatic rings. The second-order valence-electron chi connectivity index (χ2n) is 6.45. The maximum atomic E-state index is 12.6. The van der Waals surface area contributed by atoms with Crippen molar-refractivity contribution in [3.8, 4) is 5.75 Å². The van der Waals surface area contributed by atoms with Crippen LogP contribution < -0.4 is 10.1 Å². The molecular weight excluding hydrogens is 344 g/mol. The van der Waals surface area contributed by atoms with E-state index in [2.05, 4.69) is 15.4 Å². The van der Waals surface area contributed by atoms with E-state index in [0.29, 0.717) is 36.3 Å². The van der Waals surface area contributed by atoms with Crippen molar-refractivity contribution in [2.75, 3.05) is 6.61 Å². The number of ketones is 1. The molecule has 4 rings (SSSR count). The third-order valence-corrected chi connectivity index (χ3v) is 4.68. The van der Waals surface area contributed by atoms with Gasteiger partial charge in [0.05, 0.1) is 24.1 Å². The van der Waals surface area contributed by atoms with Crippen LogP contribution in [-0.2, 0) is 13.0 Å². The first-order valence-electron chi connectivity index (χ1n) is 9.06. The largest absolute Gasteiger partial charge is 0.494 e. The molecule has 0 bridgehead atoms. The fourth-order valence-electron chi connectivity index (χ4n) is 3.31. The lowest BCUT2D eigenvalue weighted by molar-refractivity contribution is 0.0950. The van der Waals surface area contributed by atoms with Gasteiger partial charge in [-0.3, -0.25) is 9.59 Å². The number of nitrogens with one attached hydrogen (secondary N) is 1. The van der Waals surface area contributed by atoms with Gasteiger partial charge >= 0.3 is 0 Å². The molecule has 7 heteroatoms. The smallest absolute Gasteiger partial charge is 0.257 e. The minimum atomic E-state index is -0.242. The number of amides is 1. The maximum Gasteiger partial charge on any atom is 0.257 e. The number of rotatable bonds is 5. The summed E-state index contributed by atoms with van der Waals surface area (Å²) in [5.74, 6) is 0.648. The second-order valence-corrected chi connectivity index (χ2v) is 6.45. The van der Waals surface area contributed by atoms with Crippen molar-refractivity contribution in [1.82, 2.24) is 19.9 Å². The van der Waals surface area contributed by atoms with Gasteiger partial charge in [-0.1, -0.05) is 12.1 Å². The lowest BCUT2D eigenvalue weighted by Gasteiger charge is -2.14. The van der Waals surface area contributed by atoms with Crippen molar-refractivity contribution >= 4 is 17.3 Å². The summed E-state index contributed by atoms with van der Waals surface area (Å²) in [4.78, 5) is 28.9. The van der Waals surface area contributed by atoms with Crippen LogP contribution in [0.5, 0.6) is 5.75 Å². The van der Waals surface area contributed by atoms with Gasteiger partial charge in [0.25, 0.3) is 5.91 Å².